The number of anilines is 1. The van der Waals surface area contributed by atoms with Gasteiger partial charge in [0.25, 0.3) is 11.9 Å². The summed E-state index contributed by atoms with van der Waals surface area (Å²) in [6.45, 7) is 0.0540. The van der Waals surface area contributed by atoms with Crippen LogP contribution in [-0.2, 0) is 6.42 Å². The largest absolute Gasteiger partial charge is 0.496 e. The number of methoxy groups -OCH3 is 3. The zero-order valence-corrected chi connectivity index (χ0v) is 18.4. The molecule has 0 saturated carbocycles. The minimum absolute atomic E-state index is 0.0496. The Kier molecular flexibility index (Phi) is 6.41. The Morgan fingerprint density at radius 1 is 1.00 bits per heavy atom. The van der Waals surface area contributed by atoms with Crippen molar-refractivity contribution in [3.8, 4) is 28.9 Å². The first-order valence-electron chi connectivity index (χ1n) is 10.2. The van der Waals surface area contributed by atoms with Crippen LogP contribution in [0.2, 0.25) is 0 Å². The van der Waals surface area contributed by atoms with E-state index in [-0.39, 0.29) is 18.3 Å². The Labute approximate surface area is 189 Å². The summed E-state index contributed by atoms with van der Waals surface area (Å²) in [4.78, 5) is 16.0. The molecule has 3 N–H and O–H groups in total. The molecule has 0 saturated heterocycles. The van der Waals surface area contributed by atoms with Crippen LogP contribution in [0.1, 0.15) is 16.1 Å². The fourth-order valence-corrected chi connectivity index (χ4v) is 3.47. The second-order valence-electron chi connectivity index (χ2n) is 7.08. The molecule has 9 heteroatoms. The Bertz CT molecular complexity index is 1250. The number of aromatic nitrogens is 1. The molecular weight excluding hydrogens is 428 g/mol. The lowest BCUT2D eigenvalue weighted by atomic mass is 10.1. The van der Waals surface area contributed by atoms with E-state index in [4.69, 9.17) is 23.4 Å². The van der Waals surface area contributed by atoms with Gasteiger partial charge >= 0.3 is 0 Å². The Hall–Kier alpha value is -4.11. The van der Waals surface area contributed by atoms with Crippen molar-refractivity contribution < 1.29 is 33.3 Å². The highest BCUT2D eigenvalue weighted by atomic mass is 16.6. The molecule has 0 spiro atoms. The summed E-state index contributed by atoms with van der Waals surface area (Å²) in [5, 5.41) is 12.9. The molecule has 172 valence electrons. The van der Waals surface area contributed by atoms with Crippen LogP contribution in [0.3, 0.4) is 0 Å². The molecule has 2 aromatic heterocycles. The zero-order chi connectivity index (χ0) is 23.4. The van der Waals surface area contributed by atoms with Crippen molar-refractivity contribution in [2.45, 2.75) is 6.42 Å². The molecule has 4 aromatic rings. The summed E-state index contributed by atoms with van der Waals surface area (Å²) in [5.74, 6) is 1.53. The number of aromatic amines is 1. The van der Waals surface area contributed by atoms with Crippen molar-refractivity contribution in [1.82, 2.24) is 4.98 Å². The highest BCUT2D eigenvalue weighted by molar-refractivity contribution is 6.04. The fraction of sp³-hybridized carbons (Fsp3) is 0.208. The fourth-order valence-electron chi connectivity index (χ4n) is 3.47. The van der Waals surface area contributed by atoms with Gasteiger partial charge in [0.15, 0.2) is 5.76 Å². The zero-order valence-electron chi connectivity index (χ0n) is 18.4. The number of aliphatic hydroxyl groups excluding tert-OH is 1. The van der Waals surface area contributed by atoms with Gasteiger partial charge in [0.1, 0.15) is 28.7 Å². The topological polar surface area (TPSA) is 115 Å². The Morgan fingerprint density at radius 2 is 1.76 bits per heavy atom. The number of rotatable bonds is 9. The van der Waals surface area contributed by atoms with Gasteiger partial charge in [0, 0.05) is 41.9 Å². The number of carbonyl (C=O) groups is 1. The van der Waals surface area contributed by atoms with E-state index in [1.807, 2.05) is 18.3 Å². The molecular formula is C24H24N2O7. The van der Waals surface area contributed by atoms with E-state index in [1.54, 1.807) is 24.3 Å². The van der Waals surface area contributed by atoms with E-state index in [0.717, 1.165) is 16.5 Å². The lowest BCUT2D eigenvalue weighted by Crippen LogP contribution is -2.13. The molecule has 0 fully saturated rings. The number of nitrogens with one attached hydrogen (secondary N) is 2. The Balaban J connectivity index is 1.53. The average Bonchev–Trinajstić information content (AvgIpc) is 3.46. The number of hydrogen-bond donors (Lipinski definition) is 3. The number of aliphatic hydroxyl groups is 1. The maximum absolute atomic E-state index is 12.8. The van der Waals surface area contributed by atoms with Crippen LogP contribution in [0.15, 0.2) is 53.1 Å². The quantitative estimate of drug-likeness (QED) is 0.345. The summed E-state index contributed by atoms with van der Waals surface area (Å²) >= 11 is 0. The van der Waals surface area contributed by atoms with Gasteiger partial charge in [-0.05, 0) is 36.2 Å². The predicted octanol–water partition coefficient (Wildman–Crippen LogP) is 4.37. The third-order valence-electron chi connectivity index (χ3n) is 5.10. The molecule has 0 unspecified atom stereocenters. The second-order valence-corrected chi connectivity index (χ2v) is 7.08. The van der Waals surface area contributed by atoms with E-state index in [0.29, 0.717) is 35.1 Å². The molecule has 0 aliphatic carbocycles. The van der Waals surface area contributed by atoms with Crippen LogP contribution >= 0.6 is 0 Å². The van der Waals surface area contributed by atoms with Crippen molar-refractivity contribution >= 4 is 22.5 Å². The van der Waals surface area contributed by atoms with Gasteiger partial charge < -0.3 is 38.8 Å². The van der Waals surface area contributed by atoms with E-state index in [9.17, 15) is 9.90 Å². The van der Waals surface area contributed by atoms with Crippen molar-refractivity contribution in [1.29, 1.82) is 0 Å². The van der Waals surface area contributed by atoms with Crippen molar-refractivity contribution in [3.63, 3.8) is 0 Å². The molecule has 33 heavy (non-hydrogen) atoms. The van der Waals surface area contributed by atoms with Crippen LogP contribution in [0, 0.1) is 0 Å². The molecule has 1 amide bonds. The molecule has 0 bridgehead atoms. The summed E-state index contributed by atoms with van der Waals surface area (Å²) in [7, 11) is 4.49. The van der Waals surface area contributed by atoms with Crippen LogP contribution in [-0.4, -0.2) is 43.9 Å². The number of furan rings is 1. The van der Waals surface area contributed by atoms with Crippen molar-refractivity contribution in [3.05, 3.63) is 60.0 Å². The van der Waals surface area contributed by atoms with Gasteiger partial charge in [-0.1, -0.05) is 0 Å². The maximum Gasteiger partial charge on any atom is 0.291 e. The molecule has 2 aromatic carbocycles. The van der Waals surface area contributed by atoms with E-state index >= 15 is 0 Å². The smallest absolute Gasteiger partial charge is 0.291 e. The van der Waals surface area contributed by atoms with Crippen LogP contribution in [0.4, 0.5) is 5.69 Å². The number of ether oxygens (including phenoxy) is 4. The van der Waals surface area contributed by atoms with E-state index < -0.39 is 5.91 Å². The number of H-pyrrole nitrogens is 1. The number of benzene rings is 2. The number of fused-ring (bicyclic) bond motifs is 1. The third kappa shape index (κ3) is 4.58. The van der Waals surface area contributed by atoms with Gasteiger partial charge in [-0.15, -0.1) is 0 Å². The van der Waals surface area contributed by atoms with Crippen molar-refractivity contribution in [2.75, 3.05) is 33.3 Å². The minimum Gasteiger partial charge on any atom is -0.496 e. The van der Waals surface area contributed by atoms with E-state index in [1.165, 1.54) is 27.4 Å². The second kappa shape index (κ2) is 9.58. The summed E-state index contributed by atoms with van der Waals surface area (Å²) in [6, 6.07) is 11.9. The number of hydrogen-bond acceptors (Lipinski definition) is 7. The predicted molar refractivity (Wildman–Crippen MR) is 122 cm³/mol. The lowest BCUT2D eigenvalue weighted by Gasteiger charge is -2.15. The van der Waals surface area contributed by atoms with Crippen LogP contribution in [0.25, 0.3) is 10.9 Å². The highest BCUT2D eigenvalue weighted by Gasteiger charge is 2.19. The SMILES string of the molecule is COc1cc(OC)c(NC(=O)c2ccc(Oc3ccc4[nH]cc(CCO)c4c3)o2)c(OC)c1. The monoisotopic (exact) mass is 452 g/mol. The van der Waals surface area contributed by atoms with Crippen molar-refractivity contribution in [2.24, 2.45) is 0 Å². The third-order valence-corrected chi connectivity index (χ3v) is 5.10. The normalized spacial score (nSPS) is 10.8. The molecule has 9 nitrogen and oxygen atoms in total. The van der Waals surface area contributed by atoms with Crippen LogP contribution < -0.4 is 24.3 Å². The summed E-state index contributed by atoms with van der Waals surface area (Å²) < 4.78 is 27.3. The molecule has 0 aliphatic rings. The molecule has 0 atom stereocenters. The van der Waals surface area contributed by atoms with Gasteiger partial charge in [0.2, 0.25) is 0 Å². The number of amides is 1. The first kappa shape index (κ1) is 22.1. The lowest BCUT2D eigenvalue weighted by molar-refractivity contribution is 0.0991. The minimum atomic E-state index is -0.502. The average molecular weight is 452 g/mol. The Morgan fingerprint density at radius 3 is 2.42 bits per heavy atom. The standard InChI is InChI=1S/C24H24N2O7/c1-29-16-11-20(30-2)23(21(12-16)31-3)26-24(28)19-6-7-22(33-19)32-15-4-5-18-17(10-15)14(8-9-27)13-25-18/h4-7,10-13,25,27H,8-9H2,1-3H3,(H,26,28). The van der Waals surface area contributed by atoms with Gasteiger partial charge in [-0.3, -0.25) is 4.79 Å². The molecule has 4 rings (SSSR count). The van der Waals surface area contributed by atoms with E-state index in [2.05, 4.69) is 10.3 Å². The highest BCUT2D eigenvalue weighted by Crippen LogP contribution is 2.39. The number of carbonyl (C=O) groups excluding carboxylic acids is 1. The van der Waals surface area contributed by atoms with Gasteiger partial charge in [-0.2, -0.15) is 0 Å². The molecule has 2 heterocycles. The van der Waals surface area contributed by atoms with Gasteiger partial charge in [0.05, 0.1) is 21.3 Å². The first-order chi connectivity index (χ1) is 16.1. The molecule has 0 radical (unpaired) electrons. The van der Waals surface area contributed by atoms with Gasteiger partial charge in [-0.25, -0.2) is 0 Å². The first-order valence-corrected chi connectivity index (χ1v) is 10.2. The summed E-state index contributed by atoms with van der Waals surface area (Å²) in [5.41, 5.74) is 2.27. The van der Waals surface area contributed by atoms with Crippen LogP contribution in [0.5, 0.6) is 28.9 Å². The summed E-state index contributed by atoms with van der Waals surface area (Å²) in [6.07, 6.45) is 2.40. The molecule has 0 aliphatic heterocycles. The maximum atomic E-state index is 12.8.